The molecule has 0 spiro atoms. The number of halogens is 1. The van der Waals surface area contributed by atoms with E-state index in [0.29, 0.717) is 11.0 Å². The molecule has 2 rings (SSSR count). The zero-order chi connectivity index (χ0) is 14.7. The van der Waals surface area contributed by atoms with E-state index in [1.165, 1.54) is 11.3 Å². The molecule has 1 heterocycles. The Hall–Kier alpha value is -1.43. The van der Waals surface area contributed by atoms with E-state index in [1.54, 1.807) is 0 Å². The third-order valence-corrected chi connectivity index (χ3v) is 3.84. The lowest BCUT2D eigenvalue weighted by atomic mass is 10.1. The van der Waals surface area contributed by atoms with Gasteiger partial charge in [-0.05, 0) is 18.4 Å². The fourth-order valence-electron chi connectivity index (χ4n) is 1.72. The third kappa shape index (κ3) is 4.52. The molecule has 114 valence electrons. The number of hydrogen-bond donors (Lipinski definition) is 2. The van der Waals surface area contributed by atoms with E-state index in [0.717, 1.165) is 16.8 Å². The van der Waals surface area contributed by atoms with E-state index in [2.05, 4.69) is 24.1 Å². The summed E-state index contributed by atoms with van der Waals surface area (Å²) < 4.78 is 0. The van der Waals surface area contributed by atoms with Gasteiger partial charge < -0.3 is 11.1 Å². The highest BCUT2D eigenvalue weighted by molar-refractivity contribution is 7.13. The Bertz CT molecular complexity index is 595. The lowest BCUT2D eigenvalue weighted by Crippen LogP contribution is -2.27. The number of aryl methyl sites for hydroxylation is 1. The molecular formula is C15H20ClN3OS. The Balaban J connectivity index is 0.00000220. The molecule has 0 aliphatic rings. The van der Waals surface area contributed by atoms with Gasteiger partial charge in [-0.15, -0.1) is 23.7 Å². The maximum atomic E-state index is 12.1. The van der Waals surface area contributed by atoms with Crippen molar-refractivity contribution in [3.63, 3.8) is 0 Å². The van der Waals surface area contributed by atoms with Crippen LogP contribution in [0.4, 0.5) is 5.13 Å². The molecule has 4 nitrogen and oxygen atoms in total. The first kappa shape index (κ1) is 17.6. The van der Waals surface area contributed by atoms with Crippen molar-refractivity contribution < 1.29 is 4.79 Å². The van der Waals surface area contributed by atoms with E-state index in [4.69, 9.17) is 5.73 Å². The fourth-order valence-corrected chi connectivity index (χ4v) is 2.59. The summed E-state index contributed by atoms with van der Waals surface area (Å²) in [6.07, 6.45) is 0. The number of aromatic nitrogens is 1. The van der Waals surface area contributed by atoms with Crippen LogP contribution in [0.2, 0.25) is 0 Å². The number of carbonyl (C=O) groups excluding carboxylic acids is 1. The lowest BCUT2D eigenvalue weighted by Gasteiger charge is -2.11. The predicted molar refractivity (Wildman–Crippen MR) is 90.2 cm³/mol. The SMILES string of the molecule is Cc1ccc(C(N)C(=O)Nc2nc(C(C)C)cs2)cc1.Cl. The zero-order valence-electron chi connectivity index (χ0n) is 12.3. The van der Waals surface area contributed by atoms with Crippen LogP contribution < -0.4 is 11.1 Å². The Morgan fingerprint density at radius 3 is 2.43 bits per heavy atom. The Morgan fingerprint density at radius 2 is 1.90 bits per heavy atom. The van der Waals surface area contributed by atoms with Gasteiger partial charge in [0.05, 0.1) is 5.69 Å². The largest absolute Gasteiger partial charge is 0.316 e. The van der Waals surface area contributed by atoms with Gasteiger partial charge >= 0.3 is 0 Å². The summed E-state index contributed by atoms with van der Waals surface area (Å²) in [5.74, 6) is 0.112. The first-order valence-electron chi connectivity index (χ1n) is 6.56. The number of benzene rings is 1. The number of carbonyl (C=O) groups is 1. The van der Waals surface area contributed by atoms with Crippen LogP contribution in [0, 0.1) is 6.92 Å². The molecule has 1 aromatic heterocycles. The van der Waals surface area contributed by atoms with Crippen LogP contribution in [-0.4, -0.2) is 10.9 Å². The van der Waals surface area contributed by atoms with Crippen LogP contribution in [0.5, 0.6) is 0 Å². The topological polar surface area (TPSA) is 68.0 Å². The molecule has 1 atom stereocenters. The Kier molecular flexibility index (Phi) is 6.33. The van der Waals surface area contributed by atoms with E-state index in [9.17, 15) is 4.79 Å². The van der Waals surface area contributed by atoms with Crippen LogP contribution in [0.1, 0.15) is 42.6 Å². The highest BCUT2D eigenvalue weighted by atomic mass is 35.5. The average molecular weight is 326 g/mol. The molecule has 1 aromatic carbocycles. The lowest BCUT2D eigenvalue weighted by molar-refractivity contribution is -0.117. The standard InChI is InChI=1S/C15H19N3OS.ClH/c1-9(2)12-8-20-15(17-12)18-14(19)13(16)11-6-4-10(3)5-7-11;/h4-9,13H,16H2,1-3H3,(H,17,18,19);1H. The summed E-state index contributed by atoms with van der Waals surface area (Å²) in [5.41, 5.74) is 8.89. The summed E-state index contributed by atoms with van der Waals surface area (Å²) >= 11 is 1.42. The minimum absolute atomic E-state index is 0. The molecule has 0 aliphatic heterocycles. The zero-order valence-corrected chi connectivity index (χ0v) is 13.9. The van der Waals surface area contributed by atoms with Crippen LogP contribution in [0.3, 0.4) is 0 Å². The molecule has 0 fully saturated rings. The van der Waals surface area contributed by atoms with Gasteiger partial charge in [-0.1, -0.05) is 43.7 Å². The minimum atomic E-state index is -0.679. The van der Waals surface area contributed by atoms with Crippen LogP contribution in [0.25, 0.3) is 0 Å². The Morgan fingerprint density at radius 1 is 1.29 bits per heavy atom. The summed E-state index contributed by atoms with van der Waals surface area (Å²) in [7, 11) is 0. The summed E-state index contributed by atoms with van der Waals surface area (Å²) in [5, 5.41) is 5.33. The van der Waals surface area contributed by atoms with Crippen molar-refractivity contribution in [3.8, 4) is 0 Å². The van der Waals surface area contributed by atoms with Crippen molar-refractivity contribution in [1.82, 2.24) is 4.98 Å². The number of anilines is 1. The van der Waals surface area contributed by atoms with Gasteiger partial charge in [0, 0.05) is 5.38 Å². The number of hydrogen-bond acceptors (Lipinski definition) is 4. The molecule has 21 heavy (non-hydrogen) atoms. The molecular weight excluding hydrogens is 306 g/mol. The van der Waals surface area contributed by atoms with Gasteiger partial charge in [0.1, 0.15) is 6.04 Å². The van der Waals surface area contributed by atoms with Crippen molar-refractivity contribution >= 4 is 34.8 Å². The monoisotopic (exact) mass is 325 g/mol. The molecule has 0 radical (unpaired) electrons. The molecule has 6 heteroatoms. The number of nitrogens with two attached hydrogens (primary N) is 1. The van der Waals surface area contributed by atoms with Gasteiger partial charge in [-0.2, -0.15) is 0 Å². The van der Waals surface area contributed by atoms with Gasteiger partial charge in [-0.3, -0.25) is 4.79 Å². The van der Waals surface area contributed by atoms with Gasteiger partial charge in [-0.25, -0.2) is 4.98 Å². The molecule has 1 amide bonds. The van der Waals surface area contributed by atoms with Crippen molar-refractivity contribution in [1.29, 1.82) is 0 Å². The third-order valence-electron chi connectivity index (χ3n) is 3.06. The van der Waals surface area contributed by atoms with E-state index >= 15 is 0 Å². The van der Waals surface area contributed by atoms with Crippen molar-refractivity contribution in [3.05, 3.63) is 46.5 Å². The van der Waals surface area contributed by atoms with Gasteiger partial charge in [0.25, 0.3) is 0 Å². The van der Waals surface area contributed by atoms with Crippen LogP contribution in [0.15, 0.2) is 29.6 Å². The number of thiazole rings is 1. The van der Waals surface area contributed by atoms with Crippen molar-refractivity contribution in [2.45, 2.75) is 32.7 Å². The fraction of sp³-hybridized carbons (Fsp3) is 0.333. The van der Waals surface area contributed by atoms with E-state index in [1.807, 2.05) is 36.6 Å². The molecule has 0 saturated carbocycles. The molecule has 0 aliphatic carbocycles. The van der Waals surface area contributed by atoms with Crippen molar-refractivity contribution in [2.24, 2.45) is 5.73 Å². The summed E-state index contributed by atoms with van der Waals surface area (Å²) in [6.45, 7) is 6.13. The second kappa shape index (κ2) is 7.54. The molecule has 0 saturated heterocycles. The number of amides is 1. The molecule has 1 unspecified atom stereocenters. The summed E-state index contributed by atoms with van der Waals surface area (Å²) in [6, 6.07) is 6.97. The smallest absolute Gasteiger partial charge is 0.247 e. The Labute approximate surface area is 135 Å². The normalized spacial score (nSPS) is 11.9. The van der Waals surface area contributed by atoms with E-state index in [-0.39, 0.29) is 18.3 Å². The number of nitrogens with one attached hydrogen (secondary N) is 1. The average Bonchev–Trinajstić information content (AvgIpc) is 2.87. The minimum Gasteiger partial charge on any atom is -0.316 e. The number of nitrogens with zero attached hydrogens (tertiary/aromatic N) is 1. The summed E-state index contributed by atoms with van der Waals surface area (Å²) in [4.78, 5) is 16.5. The van der Waals surface area contributed by atoms with Crippen LogP contribution in [-0.2, 0) is 4.79 Å². The molecule has 3 N–H and O–H groups in total. The molecule has 2 aromatic rings. The maximum Gasteiger partial charge on any atom is 0.247 e. The predicted octanol–water partition coefficient (Wildman–Crippen LogP) is 3.64. The first-order chi connectivity index (χ1) is 9.47. The first-order valence-corrected chi connectivity index (χ1v) is 7.43. The number of rotatable bonds is 4. The highest BCUT2D eigenvalue weighted by Crippen LogP contribution is 2.22. The quantitative estimate of drug-likeness (QED) is 0.901. The van der Waals surface area contributed by atoms with Crippen molar-refractivity contribution in [2.75, 3.05) is 5.32 Å². The van der Waals surface area contributed by atoms with E-state index < -0.39 is 6.04 Å². The van der Waals surface area contributed by atoms with Gasteiger partial charge in [0.2, 0.25) is 5.91 Å². The molecule has 0 bridgehead atoms. The van der Waals surface area contributed by atoms with Gasteiger partial charge in [0.15, 0.2) is 5.13 Å². The second-order valence-electron chi connectivity index (χ2n) is 5.11. The van der Waals surface area contributed by atoms with Crippen LogP contribution >= 0.6 is 23.7 Å². The maximum absolute atomic E-state index is 12.1. The highest BCUT2D eigenvalue weighted by Gasteiger charge is 2.17. The second-order valence-corrected chi connectivity index (χ2v) is 5.97.